The van der Waals surface area contributed by atoms with Crippen LogP contribution in [0.25, 0.3) is 0 Å². The van der Waals surface area contributed by atoms with Gasteiger partial charge >= 0.3 is 0 Å². The molecular formula is C12H10. The zero-order chi connectivity index (χ0) is 7.97. The van der Waals surface area contributed by atoms with Gasteiger partial charge in [-0.1, -0.05) is 36.0 Å². The molecule has 0 saturated heterocycles. The average Bonchev–Trinajstić information content (AvgIpc) is 2.64. The number of hydrogen-bond donors (Lipinski definition) is 0. The van der Waals surface area contributed by atoms with Gasteiger partial charge in [-0.05, 0) is 35.6 Å². The van der Waals surface area contributed by atoms with Crippen LogP contribution >= 0.6 is 0 Å². The third kappa shape index (κ3) is 0.724. The molecule has 0 spiro atoms. The molecule has 0 radical (unpaired) electrons. The van der Waals surface area contributed by atoms with Crippen molar-refractivity contribution >= 4 is 0 Å². The van der Waals surface area contributed by atoms with Crippen molar-refractivity contribution in [3.8, 4) is 0 Å². The van der Waals surface area contributed by atoms with Crippen molar-refractivity contribution in [1.29, 1.82) is 0 Å². The van der Waals surface area contributed by atoms with Gasteiger partial charge in [0.1, 0.15) is 0 Å². The standard InChI is InChI=1S/C12H10/c1-3-9-7-11-5-2-6-12(11)8-10(9)4-1/h1-5,7H,6,8H2. The molecule has 0 aliphatic heterocycles. The van der Waals surface area contributed by atoms with Crippen LogP contribution in [-0.2, 0) is 0 Å². The molecule has 0 heteroatoms. The van der Waals surface area contributed by atoms with Gasteiger partial charge in [0.15, 0.2) is 0 Å². The van der Waals surface area contributed by atoms with Crippen LogP contribution in [0.1, 0.15) is 12.8 Å². The Balaban J connectivity index is 2.12. The smallest absolute Gasteiger partial charge is 0.00490 e. The third-order valence-electron chi connectivity index (χ3n) is 2.73. The van der Waals surface area contributed by atoms with Gasteiger partial charge in [0.2, 0.25) is 0 Å². The zero-order valence-electron chi connectivity index (χ0n) is 6.88. The van der Waals surface area contributed by atoms with Gasteiger partial charge in [0.05, 0.1) is 0 Å². The predicted octanol–water partition coefficient (Wildman–Crippen LogP) is 3.07. The van der Waals surface area contributed by atoms with Crippen molar-refractivity contribution in [2.24, 2.45) is 0 Å². The topological polar surface area (TPSA) is 0 Å². The summed E-state index contributed by atoms with van der Waals surface area (Å²) in [5, 5.41) is 0. The van der Waals surface area contributed by atoms with E-state index >= 15 is 0 Å². The van der Waals surface area contributed by atoms with E-state index < -0.39 is 0 Å². The molecule has 0 fully saturated rings. The van der Waals surface area contributed by atoms with Gasteiger partial charge in [0.25, 0.3) is 0 Å². The average molecular weight is 154 g/mol. The Labute approximate surface area is 72.3 Å². The first-order valence-electron chi connectivity index (χ1n) is 4.41. The van der Waals surface area contributed by atoms with Crippen molar-refractivity contribution < 1.29 is 0 Å². The third-order valence-corrected chi connectivity index (χ3v) is 2.73. The van der Waals surface area contributed by atoms with E-state index in [4.69, 9.17) is 0 Å². The van der Waals surface area contributed by atoms with E-state index in [1.165, 1.54) is 23.1 Å². The second kappa shape index (κ2) is 2.10. The molecule has 0 aromatic carbocycles. The first-order valence-corrected chi connectivity index (χ1v) is 4.41. The van der Waals surface area contributed by atoms with Gasteiger partial charge < -0.3 is 0 Å². The molecule has 0 nitrogen and oxygen atoms in total. The maximum Gasteiger partial charge on any atom is -0.00490 e. The quantitative estimate of drug-likeness (QED) is 0.503. The van der Waals surface area contributed by atoms with Crippen LogP contribution in [0.4, 0.5) is 0 Å². The van der Waals surface area contributed by atoms with E-state index in [1.807, 2.05) is 0 Å². The number of rotatable bonds is 0. The molecule has 0 unspecified atom stereocenters. The molecule has 0 N–H and O–H groups in total. The van der Waals surface area contributed by atoms with Crippen LogP contribution < -0.4 is 0 Å². The van der Waals surface area contributed by atoms with Crippen LogP contribution in [0.3, 0.4) is 0 Å². The molecule has 0 amide bonds. The van der Waals surface area contributed by atoms with Crippen LogP contribution in [0.5, 0.6) is 0 Å². The molecule has 12 heavy (non-hydrogen) atoms. The number of fused-ring (bicyclic) bond motifs is 1. The Hall–Kier alpha value is -1.30. The maximum absolute atomic E-state index is 2.30. The summed E-state index contributed by atoms with van der Waals surface area (Å²) in [5.74, 6) is 0. The van der Waals surface area contributed by atoms with Crippen molar-refractivity contribution in [3.05, 3.63) is 58.7 Å². The van der Waals surface area contributed by atoms with Crippen molar-refractivity contribution in [2.75, 3.05) is 0 Å². The van der Waals surface area contributed by atoms with Crippen LogP contribution in [-0.4, -0.2) is 0 Å². The van der Waals surface area contributed by atoms with Gasteiger partial charge in [-0.15, -0.1) is 0 Å². The molecule has 0 bridgehead atoms. The highest BCUT2D eigenvalue weighted by Gasteiger charge is 2.18. The minimum absolute atomic E-state index is 1.16. The molecule has 0 aromatic heterocycles. The van der Waals surface area contributed by atoms with Crippen LogP contribution in [0, 0.1) is 0 Å². The minimum atomic E-state index is 1.16. The first kappa shape index (κ1) is 6.24. The Kier molecular flexibility index (Phi) is 1.09. The fourth-order valence-corrected chi connectivity index (χ4v) is 2.06. The normalized spacial score (nSPS) is 24.0. The maximum atomic E-state index is 2.30. The molecule has 0 aromatic rings. The Bertz CT molecular complexity index is 384. The lowest BCUT2D eigenvalue weighted by molar-refractivity contribution is 1.05. The summed E-state index contributed by atoms with van der Waals surface area (Å²) in [6.07, 6.45) is 15.7. The minimum Gasteiger partial charge on any atom is -0.0798 e. The molecule has 3 rings (SSSR count). The van der Waals surface area contributed by atoms with Gasteiger partial charge in [-0.2, -0.15) is 0 Å². The highest BCUT2D eigenvalue weighted by molar-refractivity contribution is 5.60. The first-order chi connectivity index (χ1) is 5.93. The van der Waals surface area contributed by atoms with E-state index in [-0.39, 0.29) is 0 Å². The fourth-order valence-electron chi connectivity index (χ4n) is 2.06. The highest BCUT2D eigenvalue weighted by atomic mass is 14.2. The van der Waals surface area contributed by atoms with E-state index in [0.29, 0.717) is 0 Å². The van der Waals surface area contributed by atoms with E-state index in [1.54, 1.807) is 5.57 Å². The SMILES string of the molecule is C1=CC2=CC3=C(CC=C3)CC2=C1. The number of allylic oxidation sites excluding steroid dienone is 10. The summed E-state index contributed by atoms with van der Waals surface area (Å²) < 4.78 is 0. The molecule has 58 valence electrons. The zero-order valence-corrected chi connectivity index (χ0v) is 6.88. The largest absolute Gasteiger partial charge is 0.0798 e. The predicted molar refractivity (Wildman–Crippen MR) is 50.7 cm³/mol. The summed E-state index contributed by atoms with van der Waals surface area (Å²) in [4.78, 5) is 0. The van der Waals surface area contributed by atoms with E-state index in [9.17, 15) is 0 Å². The van der Waals surface area contributed by atoms with Crippen molar-refractivity contribution in [2.45, 2.75) is 12.8 Å². The number of hydrogen-bond acceptors (Lipinski definition) is 0. The fraction of sp³-hybridized carbons (Fsp3) is 0.167. The van der Waals surface area contributed by atoms with Crippen molar-refractivity contribution in [1.82, 2.24) is 0 Å². The molecule has 3 aliphatic carbocycles. The Morgan fingerprint density at radius 3 is 3.17 bits per heavy atom. The highest BCUT2D eigenvalue weighted by Crippen LogP contribution is 2.37. The molecule has 0 atom stereocenters. The molecule has 0 heterocycles. The summed E-state index contributed by atoms with van der Waals surface area (Å²) in [7, 11) is 0. The van der Waals surface area contributed by atoms with Gasteiger partial charge in [-0.25, -0.2) is 0 Å². The lowest BCUT2D eigenvalue weighted by atomic mass is 9.91. The molecule has 3 aliphatic rings. The lowest BCUT2D eigenvalue weighted by Gasteiger charge is -2.13. The summed E-state index contributed by atoms with van der Waals surface area (Å²) in [5.41, 5.74) is 5.96. The lowest BCUT2D eigenvalue weighted by Crippen LogP contribution is -1.95. The summed E-state index contributed by atoms with van der Waals surface area (Å²) in [6.45, 7) is 0. The Morgan fingerprint density at radius 1 is 1.17 bits per heavy atom. The van der Waals surface area contributed by atoms with Crippen LogP contribution in [0.15, 0.2) is 58.7 Å². The Morgan fingerprint density at radius 2 is 2.17 bits per heavy atom. The van der Waals surface area contributed by atoms with E-state index in [0.717, 1.165) is 6.42 Å². The van der Waals surface area contributed by atoms with Gasteiger partial charge in [0, 0.05) is 0 Å². The van der Waals surface area contributed by atoms with Crippen LogP contribution in [0.2, 0.25) is 0 Å². The van der Waals surface area contributed by atoms with Gasteiger partial charge in [-0.3, -0.25) is 0 Å². The molecule has 0 saturated carbocycles. The molecular weight excluding hydrogens is 144 g/mol. The monoisotopic (exact) mass is 154 g/mol. The second-order valence-corrected chi connectivity index (χ2v) is 3.49. The summed E-state index contributed by atoms with van der Waals surface area (Å²) >= 11 is 0. The second-order valence-electron chi connectivity index (χ2n) is 3.49. The van der Waals surface area contributed by atoms with E-state index in [2.05, 4.69) is 36.5 Å². The van der Waals surface area contributed by atoms with Crippen molar-refractivity contribution in [3.63, 3.8) is 0 Å². The summed E-state index contributed by atoms with van der Waals surface area (Å²) in [6, 6.07) is 0.